The summed E-state index contributed by atoms with van der Waals surface area (Å²) in [6.07, 6.45) is 0.706. The van der Waals surface area contributed by atoms with E-state index in [2.05, 4.69) is 19.2 Å². The smallest absolute Gasteiger partial charge is 0.153 e. The molecule has 0 fully saturated rings. The Morgan fingerprint density at radius 3 is 2.00 bits per heavy atom. The van der Waals surface area contributed by atoms with Crippen molar-refractivity contribution >= 4 is 9.84 Å². The van der Waals surface area contributed by atoms with Crippen molar-refractivity contribution in [3.63, 3.8) is 0 Å². The molecule has 0 radical (unpaired) electrons. The van der Waals surface area contributed by atoms with Crippen molar-refractivity contribution in [2.45, 2.75) is 52.3 Å². The maximum Gasteiger partial charge on any atom is 0.153 e. The summed E-state index contributed by atoms with van der Waals surface area (Å²) in [5, 5.41) is 3.00. The molecule has 0 bridgehead atoms. The summed E-state index contributed by atoms with van der Waals surface area (Å²) >= 11 is 0. The number of hydrogen-bond acceptors (Lipinski definition) is 3. The molecule has 0 aliphatic rings. The minimum atomic E-state index is -2.90. The number of rotatable bonds is 7. The third-order valence-corrected chi connectivity index (χ3v) is 5.20. The Hall–Kier alpha value is -0.0900. The molecule has 92 valence electrons. The molecule has 0 saturated carbocycles. The van der Waals surface area contributed by atoms with Crippen LogP contribution in [0.4, 0.5) is 0 Å². The first-order chi connectivity index (χ1) is 6.77. The molecule has 0 aliphatic heterocycles. The first-order valence-corrected chi connectivity index (χ1v) is 7.44. The van der Waals surface area contributed by atoms with E-state index < -0.39 is 9.84 Å². The van der Waals surface area contributed by atoms with Crippen molar-refractivity contribution in [1.82, 2.24) is 5.32 Å². The first-order valence-electron chi connectivity index (χ1n) is 5.72. The van der Waals surface area contributed by atoms with E-state index >= 15 is 0 Å². The van der Waals surface area contributed by atoms with Crippen LogP contribution in [0.3, 0.4) is 0 Å². The van der Waals surface area contributed by atoms with Crippen LogP contribution in [0.2, 0.25) is 0 Å². The average Bonchev–Trinajstić information content (AvgIpc) is 2.10. The lowest BCUT2D eigenvalue weighted by molar-refractivity contribution is 0.537. The van der Waals surface area contributed by atoms with Gasteiger partial charge in [0.25, 0.3) is 0 Å². The molecule has 0 aromatic carbocycles. The van der Waals surface area contributed by atoms with Gasteiger partial charge in [0, 0.05) is 6.04 Å². The topological polar surface area (TPSA) is 46.2 Å². The normalized spacial score (nSPS) is 14.9. The van der Waals surface area contributed by atoms with Gasteiger partial charge in [0.15, 0.2) is 9.84 Å². The minimum Gasteiger partial charge on any atom is -0.314 e. The third-order valence-electron chi connectivity index (χ3n) is 2.66. The molecule has 0 aromatic heterocycles. The highest BCUT2D eigenvalue weighted by Crippen LogP contribution is 2.12. The van der Waals surface area contributed by atoms with Crippen LogP contribution in [0, 0.1) is 5.92 Å². The predicted molar refractivity (Wildman–Crippen MR) is 65.8 cm³/mol. The number of nitrogens with one attached hydrogen (secondary N) is 1. The summed E-state index contributed by atoms with van der Waals surface area (Å²) < 4.78 is 23.6. The molecule has 1 unspecified atom stereocenters. The summed E-state index contributed by atoms with van der Waals surface area (Å²) in [5.41, 5.74) is 0. The lowest BCUT2D eigenvalue weighted by Gasteiger charge is -2.16. The van der Waals surface area contributed by atoms with Crippen molar-refractivity contribution in [3.05, 3.63) is 0 Å². The molecule has 0 saturated heterocycles. The summed E-state index contributed by atoms with van der Waals surface area (Å²) in [7, 11) is -2.90. The highest BCUT2D eigenvalue weighted by Gasteiger charge is 2.22. The van der Waals surface area contributed by atoms with E-state index in [9.17, 15) is 8.42 Å². The van der Waals surface area contributed by atoms with Gasteiger partial charge < -0.3 is 5.32 Å². The zero-order valence-electron chi connectivity index (χ0n) is 10.6. The standard InChI is InChI=1S/C11H25NO2S/c1-9(2)11(5)15(13,14)8-6-7-12-10(3)4/h9-12H,6-8H2,1-5H3. The van der Waals surface area contributed by atoms with E-state index in [-0.39, 0.29) is 11.2 Å². The Morgan fingerprint density at radius 1 is 1.07 bits per heavy atom. The van der Waals surface area contributed by atoms with E-state index in [1.165, 1.54) is 0 Å². The molecular weight excluding hydrogens is 210 g/mol. The van der Waals surface area contributed by atoms with Gasteiger partial charge in [-0.15, -0.1) is 0 Å². The first kappa shape index (κ1) is 14.9. The second-order valence-corrected chi connectivity index (χ2v) is 7.26. The van der Waals surface area contributed by atoms with Gasteiger partial charge in [-0.25, -0.2) is 8.42 Å². The molecule has 0 spiro atoms. The molecule has 3 nitrogen and oxygen atoms in total. The second-order valence-electron chi connectivity index (χ2n) is 4.78. The molecule has 15 heavy (non-hydrogen) atoms. The highest BCUT2D eigenvalue weighted by atomic mass is 32.2. The average molecular weight is 235 g/mol. The molecule has 0 aliphatic carbocycles. The van der Waals surface area contributed by atoms with Crippen molar-refractivity contribution in [2.75, 3.05) is 12.3 Å². The molecule has 0 amide bonds. The molecule has 0 aromatic rings. The Balaban J connectivity index is 3.95. The van der Waals surface area contributed by atoms with Crippen LogP contribution in [0.25, 0.3) is 0 Å². The van der Waals surface area contributed by atoms with Crippen molar-refractivity contribution in [1.29, 1.82) is 0 Å². The van der Waals surface area contributed by atoms with E-state index in [1.807, 2.05) is 13.8 Å². The van der Waals surface area contributed by atoms with Crippen LogP contribution < -0.4 is 5.32 Å². The van der Waals surface area contributed by atoms with Gasteiger partial charge in [0.1, 0.15) is 0 Å². The molecular formula is C11H25NO2S. The van der Waals surface area contributed by atoms with Gasteiger partial charge in [-0.1, -0.05) is 27.7 Å². The van der Waals surface area contributed by atoms with E-state index in [0.29, 0.717) is 18.2 Å². The Morgan fingerprint density at radius 2 is 1.60 bits per heavy atom. The summed E-state index contributed by atoms with van der Waals surface area (Å²) in [4.78, 5) is 0. The van der Waals surface area contributed by atoms with Crippen LogP contribution in [-0.2, 0) is 9.84 Å². The second kappa shape index (κ2) is 6.48. The number of hydrogen-bond donors (Lipinski definition) is 1. The van der Waals surface area contributed by atoms with Gasteiger partial charge in [0.2, 0.25) is 0 Å². The largest absolute Gasteiger partial charge is 0.314 e. The number of sulfone groups is 1. The van der Waals surface area contributed by atoms with Gasteiger partial charge in [0.05, 0.1) is 11.0 Å². The fourth-order valence-corrected chi connectivity index (χ4v) is 3.01. The molecule has 4 heteroatoms. The van der Waals surface area contributed by atoms with Crippen LogP contribution in [-0.4, -0.2) is 32.0 Å². The van der Waals surface area contributed by atoms with Crippen LogP contribution in [0.15, 0.2) is 0 Å². The van der Waals surface area contributed by atoms with E-state index in [0.717, 1.165) is 6.54 Å². The molecule has 1 N–H and O–H groups in total. The predicted octanol–water partition coefficient (Wildman–Crippen LogP) is 1.83. The summed E-state index contributed by atoms with van der Waals surface area (Å²) in [6, 6.07) is 0.426. The van der Waals surface area contributed by atoms with Crippen molar-refractivity contribution < 1.29 is 8.42 Å². The van der Waals surface area contributed by atoms with E-state index in [1.54, 1.807) is 6.92 Å². The highest BCUT2D eigenvalue weighted by molar-refractivity contribution is 7.92. The van der Waals surface area contributed by atoms with Crippen LogP contribution in [0.1, 0.15) is 41.0 Å². The maximum atomic E-state index is 11.8. The lowest BCUT2D eigenvalue weighted by Crippen LogP contribution is -2.29. The zero-order chi connectivity index (χ0) is 12.1. The van der Waals surface area contributed by atoms with Gasteiger partial charge in [-0.2, -0.15) is 0 Å². The maximum absolute atomic E-state index is 11.8. The molecule has 0 heterocycles. The third kappa shape index (κ3) is 6.15. The van der Waals surface area contributed by atoms with Crippen molar-refractivity contribution in [3.8, 4) is 0 Å². The van der Waals surface area contributed by atoms with Gasteiger partial charge >= 0.3 is 0 Å². The minimum absolute atomic E-state index is 0.202. The zero-order valence-corrected chi connectivity index (χ0v) is 11.4. The monoisotopic (exact) mass is 235 g/mol. The Bertz CT molecular complexity index is 258. The van der Waals surface area contributed by atoms with Gasteiger partial charge in [-0.3, -0.25) is 0 Å². The van der Waals surface area contributed by atoms with Crippen LogP contribution in [0.5, 0.6) is 0 Å². The fraction of sp³-hybridized carbons (Fsp3) is 1.00. The SMILES string of the molecule is CC(C)NCCCS(=O)(=O)C(C)C(C)C. The molecule has 1 atom stereocenters. The Kier molecular flexibility index (Phi) is 6.44. The Labute approximate surface area is 94.6 Å². The lowest BCUT2D eigenvalue weighted by atomic mass is 10.2. The fourth-order valence-electron chi connectivity index (χ4n) is 1.26. The quantitative estimate of drug-likeness (QED) is 0.685. The van der Waals surface area contributed by atoms with E-state index in [4.69, 9.17) is 0 Å². The molecule has 0 rings (SSSR count). The van der Waals surface area contributed by atoms with Gasteiger partial charge in [-0.05, 0) is 25.8 Å². The summed E-state index contributed by atoms with van der Waals surface area (Å²) in [6.45, 7) is 10.6. The van der Waals surface area contributed by atoms with Crippen molar-refractivity contribution in [2.24, 2.45) is 5.92 Å². The van der Waals surface area contributed by atoms with Crippen LogP contribution >= 0.6 is 0 Å². The summed E-state index contributed by atoms with van der Waals surface area (Å²) in [5.74, 6) is 0.500.